The van der Waals surface area contributed by atoms with Crippen LogP contribution in [0.25, 0.3) is 0 Å². The molecule has 0 spiro atoms. The van der Waals surface area contributed by atoms with Crippen LogP contribution in [0.1, 0.15) is 54.3 Å². The molecule has 7 heteroatoms. The molecule has 132 valence electrons. The molecule has 0 aromatic heterocycles. The SMILES string of the molecule is CCOP(=O)(CCC(CC)N1C(=O)c2ccccc2C1=O)OCC. The Labute approximate surface area is 142 Å². The van der Waals surface area contributed by atoms with Gasteiger partial charge in [0.1, 0.15) is 0 Å². The lowest BCUT2D eigenvalue weighted by atomic mass is 10.1. The van der Waals surface area contributed by atoms with Crippen molar-refractivity contribution in [2.75, 3.05) is 19.4 Å². The number of benzene rings is 1. The van der Waals surface area contributed by atoms with Gasteiger partial charge in [-0.15, -0.1) is 0 Å². The smallest absolute Gasteiger partial charge is 0.309 e. The highest BCUT2D eigenvalue weighted by molar-refractivity contribution is 7.53. The van der Waals surface area contributed by atoms with Gasteiger partial charge in [-0.3, -0.25) is 19.1 Å². The molecule has 1 aromatic rings. The maximum atomic E-state index is 12.6. The quantitative estimate of drug-likeness (QED) is 0.500. The van der Waals surface area contributed by atoms with E-state index in [0.717, 1.165) is 0 Å². The number of imide groups is 1. The van der Waals surface area contributed by atoms with Crippen molar-refractivity contribution in [3.8, 4) is 0 Å². The molecule has 1 heterocycles. The van der Waals surface area contributed by atoms with Gasteiger partial charge in [-0.2, -0.15) is 0 Å². The van der Waals surface area contributed by atoms with Gasteiger partial charge in [0.25, 0.3) is 11.8 Å². The standard InChI is InChI=1S/C17H24NO5P/c1-4-13(11-12-24(21,22-5-2)23-6-3)18-16(19)14-9-7-8-10-15(14)17(18)20/h7-10,13H,4-6,11-12H2,1-3H3. The highest BCUT2D eigenvalue weighted by atomic mass is 31.2. The maximum Gasteiger partial charge on any atom is 0.330 e. The summed E-state index contributed by atoms with van der Waals surface area (Å²) < 4.78 is 23.2. The summed E-state index contributed by atoms with van der Waals surface area (Å²) in [6.45, 7) is 6.00. The van der Waals surface area contributed by atoms with E-state index in [9.17, 15) is 14.2 Å². The number of fused-ring (bicyclic) bond motifs is 1. The van der Waals surface area contributed by atoms with E-state index in [2.05, 4.69) is 0 Å². The van der Waals surface area contributed by atoms with Gasteiger partial charge in [-0.25, -0.2) is 0 Å². The van der Waals surface area contributed by atoms with Crippen LogP contribution in [0.5, 0.6) is 0 Å². The number of rotatable bonds is 9. The molecule has 2 rings (SSSR count). The summed E-state index contributed by atoms with van der Waals surface area (Å²) in [5.74, 6) is -0.574. The van der Waals surface area contributed by atoms with E-state index in [1.165, 1.54) is 4.90 Å². The van der Waals surface area contributed by atoms with E-state index in [0.29, 0.717) is 37.2 Å². The van der Waals surface area contributed by atoms with E-state index in [1.807, 2.05) is 6.92 Å². The number of nitrogens with zero attached hydrogens (tertiary/aromatic N) is 1. The van der Waals surface area contributed by atoms with Crippen molar-refractivity contribution in [1.29, 1.82) is 0 Å². The number of hydrogen-bond donors (Lipinski definition) is 0. The first-order valence-corrected chi connectivity index (χ1v) is 10.0. The van der Waals surface area contributed by atoms with E-state index >= 15 is 0 Å². The average Bonchev–Trinajstić information content (AvgIpc) is 2.81. The molecule has 1 aliphatic heterocycles. The number of carbonyl (C=O) groups excluding carboxylic acids is 2. The Morgan fingerprint density at radius 3 is 1.92 bits per heavy atom. The van der Waals surface area contributed by atoms with Crippen molar-refractivity contribution in [1.82, 2.24) is 4.90 Å². The molecule has 0 N–H and O–H groups in total. The Balaban J connectivity index is 2.14. The molecule has 1 aromatic carbocycles. The Hall–Kier alpha value is -1.49. The third kappa shape index (κ3) is 3.77. The van der Waals surface area contributed by atoms with Crippen LogP contribution in [0, 0.1) is 0 Å². The fraction of sp³-hybridized carbons (Fsp3) is 0.529. The molecule has 1 aliphatic rings. The minimum Gasteiger partial charge on any atom is -0.309 e. The summed E-state index contributed by atoms with van der Waals surface area (Å²) in [6, 6.07) is 6.48. The van der Waals surface area contributed by atoms with Crippen LogP contribution in [0.2, 0.25) is 0 Å². The van der Waals surface area contributed by atoms with Crippen molar-refractivity contribution in [2.45, 2.75) is 39.7 Å². The Morgan fingerprint density at radius 2 is 1.50 bits per heavy atom. The summed E-state index contributed by atoms with van der Waals surface area (Å²) in [4.78, 5) is 26.4. The van der Waals surface area contributed by atoms with E-state index in [4.69, 9.17) is 9.05 Å². The number of amides is 2. The first kappa shape index (κ1) is 18.8. The molecular formula is C17H24NO5P. The first-order valence-electron chi connectivity index (χ1n) is 8.32. The fourth-order valence-corrected chi connectivity index (χ4v) is 4.66. The van der Waals surface area contributed by atoms with Gasteiger partial charge in [-0.05, 0) is 38.8 Å². The van der Waals surface area contributed by atoms with Gasteiger partial charge in [0.2, 0.25) is 0 Å². The largest absolute Gasteiger partial charge is 0.330 e. The lowest BCUT2D eigenvalue weighted by molar-refractivity contribution is 0.0573. The van der Waals surface area contributed by atoms with Crippen LogP contribution in [-0.2, 0) is 13.6 Å². The maximum absolute atomic E-state index is 12.6. The van der Waals surface area contributed by atoms with Crippen LogP contribution in [0.3, 0.4) is 0 Å². The van der Waals surface area contributed by atoms with Crippen LogP contribution < -0.4 is 0 Å². The van der Waals surface area contributed by atoms with Gasteiger partial charge < -0.3 is 9.05 Å². The summed E-state index contributed by atoms with van der Waals surface area (Å²) >= 11 is 0. The van der Waals surface area contributed by atoms with E-state index in [-0.39, 0.29) is 24.0 Å². The predicted octanol–water partition coefficient (Wildman–Crippen LogP) is 3.72. The molecule has 0 fully saturated rings. The zero-order valence-electron chi connectivity index (χ0n) is 14.4. The molecule has 6 nitrogen and oxygen atoms in total. The second-order valence-corrected chi connectivity index (χ2v) is 7.73. The van der Waals surface area contributed by atoms with Crippen molar-refractivity contribution >= 4 is 19.4 Å². The molecule has 0 radical (unpaired) electrons. The van der Waals surface area contributed by atoms with Crippen molar-refractivity contribution < 1.29 is 23.2 Å². The third-order valence-corrected chi connectivity index (χ3v) is 6.16. The second-order valence-electron chi connectivity index (χ2n) is 5.55. The zero-order valence-corrected chi connectivity index (χ0v) is 15.3. The minimum absolute atomic E-state index is 0.181. The second kappa shape index (κ2) is 8.06. The molecular weight excluding hydrogens is 329 g/mol. The highest BCUT2D eigenvalue weighted by Gasteiger charge is 2.39. The average molecular weight is 353 g/mol. The Bertz CT molecular complexity index is 615. The van der Waals surface area contributed by atoms with Crippen LogP contribution in [0.15, 0.2) is 24.3 Å². The molecule has 0 bridgehead atoms. The molecule has 0 saturated carbocycles. The van der Waals surface area contributed by atoms with Gasteiger partial charge in [-0.1, -0.05) is 19.1 Å². The fourth-order valence-electron chi connectivity index (χ4n) is 2.92. The first-order chi connectivity index (χ1) is 11.5. The molecule has 0 aliphatic carbocycles. The Morgan fingerprint density at radius 1 is 1.00 bits per heavy atom. The molecule has 1 atom stereocenters. The monoisotopic (exact) mass is 353 g/mol. The summed E-state index contributed by atoms with van der Waals surface area (Å²) in [7, 11) is -3.19. The molecule has 1 unspecified atom stereocenters. The van der Waals surface area contributed by atoms with Gasteiger partial charge >= 0.3 is 7.60 Å². The lowest BCUT2D eigenvalue weighted by Gasteiger charge is -2.26. The summed E-state index contributed by atoms with van der Waals surface area (Å²) in [6.07, 6.45) is 1.16. The highest BCUT2D eigenvalue weighted by Crippen LogP contribution is 2.49. The summed E-state index contributed by atoms with van der Waals surface area (Å²) in [5.41, 5.74) is 0.859. The number of carbonyl (C=O) groups is 2. The van der Waals surface area contributed by atoms with Crippen molar-refractivity contribution in [3.05, 3.63) is 35.4 Å². The summed E-state index contributed by atoms with van der Waals surface area (Å²) in [5, 5.41) is 0. The van der Waals surface area contributed by atoms with Gasteiger partial charge in [0, 0.05) is 6.04 Å². The number of hydrogen-bond acceptors (Lipinski definition) is 5. The van der Waals surface area contributed by atoms with Crippen LogP contribution >= 0.6 is 7.60 Å². The minimum atomic E-state index is -3.19. The Kier molecular flexibility index (Phi) is 6.33. The normalized spacial score (nSPS) is 15.7. The topological polar surface area (TPSA) is 72.9 Å². The molecule has 2 amide bonds. The van der Waals surface area contributed by atoms with E-state index < -0.39 is 7.60 Å². The predicted molar refractivity (Wildman–Crippen MR) is 91.4 cm³/mol. The lowest BCUT2D eigenvalue weighted by Crippen LogP contribution is -2.40. The van der Waals surface area contributed by atoms with Gasteiger partial charge in [0.05, 0.1) is 30.5 Å². The zero-order chi connectivity index (χ0) is 17.7. The van der Waals surface area contributed by atoms with Gasteiger partial charge in [0.15, 0.2) is 0 Å². The third-order valence-electron chi connectivity index (χ3n) is 4.05. The molecule has 24 heavy (non-hydrogen) atoms. The van der Waals surface area contributed by atoms with Crippen molar-refractivity contribution in [2.24, 2.45) is 0 Å². The van der Waals surface area contributed by atoms with Crippen LogP contribution in [-0.4, -0.2) is 42.1 Å². The molecule has 0 saturated heterocycles. The van der Waals surface area contributed by atoms with E-state index in [1.54, 1.807) is 38.1 Å². The van der Waals surface area contributed by atoms with Crippen molar-refractivity contribution in [3.63, 3.8) is 0 Å². The van der Waals surface area contributed by atoms with Crippen LogP contribution in [0.4, 0.5) is 0 Å².